The summed E-state index contributed by atoms with van der Waals surface area (Å²) in [6, 6.07) is 0. The van der Waals surface area contributed by atoms with Gasteiger partial charge in [0.15, 0.2) is 0 Å². The molecule has 2 rings (SSSR count). The molecule has 0 aliphatic carbocycles. The Balaban J connectivity index is 2.28. The molecule has 1 aromatic rings. The zero-order chi connectivity index (χ0) is 14.0. The van der Waals surface area contributed by atoms with Crippen LogP contribution in [0.5, 0.6) is 0 Å². The number of nitrogens with two attached hydrogens (primary N) is 1. The summed E-state index contributed by atoms with van der Waals surface area (Å²) in [6.07, 6.45) is 2.76. The summed E-state index contributed by atoms with van der Waals surface area (Å²) in [5, 5.41) is 4.42. The molecule has 0 amide bonds. The van der Waals surface area contributed by atoms with E-state index in [-0.39, 0.29) is 10.6 Å². The Hall–Kier alpha value is -1.07. The number of rotatable bonds is 3. The van der Waals surface area contributed by atoms with Gasteiger partial charge < -0.3 is 10.6 Å². The van der Waals surface area contributed by atoms with Crippen molar-refractivity contribution < 1.29 is 0 Å². The number of aryl methyl sites for hydroxylation is 1. The van der Waals surface area contributed by atoms with Crippen molar-refractivity contribution in [3.8, 4) is 0 Å². The molecule has 19 heavy (non-hydrogen) atoms. The number of aromatic nitrogens is 2. The summed E-state index contributed by atoms with van der Waals surface area (Å²) >= 11 is 6.19. The van der Waals surface area contributed by atoms with Crippen LogP contribution in [0.3, 0.4) is 0 Å². The first-order valence-electron chi connectivity index (χ1n) is 6.79. The Kier molecular flexibility index (Phi) is 4.47. The molecule has 1 aliphatic heterocycles. The molecule has 6 heteroatoms. The summed E-state index contributed by atoms with van der Waals surface area (Å²) in [6.45, 7) is 7.03. The van der Waals surface area contributed by atoms with E-state index in [4.69, 9.17) is 17.3 Å². The van der Waals surface area contributed by atoms with Crippen molar-refractivity contribution in [2.75, 3.05) is 24.5 Å². The second-order valence-electron chi connectivity index (χ2n) is 5.17. The molecular formula is C13H21ClN4O. The average molecular weight is 285 g/mol. The minimum absolute atomic E-state index is 0.218. The third-order valence-corrected chi connectivity index (χ3v) is 4.38. The number of halogens is 1. The van der Waals surface area contributed by atoms with Gasteiger partial charge in [-0.2, -0.15) is 5.10 Å². The van der Waals surface area contributed by atoms with E-state index in [2.05, 4.69) is 16.9 Å². The van der Waals surface area contributed by atoms with E-state index in [1.807, 2.05) is 6.92 Å². The van der Waals surface area contributed by atoms with Crippen LogP contribution in [0.1, 0.15) is 20.3 Å². The van der Waals surface area contributed by atoms with E-state index in [1.54, 1.807) is 6.20 Å². The summed E-state index contributed by atoms with van der Waals surface area (Å²) < 4.78 is 1.37. The summed E-state index contributed by atoms with van der Waals surface area (Å²) in [5.41, 5.74) is 6.33. The van der Waals surface area contributed by atoms with E-state index >= 15 is 0 Å². The number of anilines is 1. The Bertz CT molecular complexity index is 502. The zero-order valence-corrected chi connectivity index (χ0v) is 12.2. The monoisotopic (exact) mass is 284 g/mol. The molecule has 5 nitrogen and oxygen atoms in total. The summed E-state index contributed by atoms with van der Waals surface area (Å²) in [5.74, 6) is 1.06. The highest BCUT2D eigenvalue weighted by molar-refractivity contribution is 6.33. The first-order chi connectivity index (χ1) is 9.08. The maximum atomic E-state index is 12.0. The third-order valence-electron chi connectivity index (χ3n) is 4.02. The molecule has 0 radical (unpaired) electrons. The number of piperidine rings is 1. The molecular weight excluding hydrogens is 264 g/mol. The van der Waals surface area contributed by atoms with Crippen LogP contribution in [0.2, 0.25) is 5.02 Å². The van der Waals surface area contributed by atoms with Gasteiger partial charge in [-0.05, 0) is 31.7 Å². The van der Waals surface area contributed by atoms with Crippen LogP contribution >= 0.6 is 11.6 Å². The minimum atomic E-state index is -0.218. The van der Waals surface area contributed by atoms with Gasteiger partial charge in [-0.25, -0.2) is 4.68 Å². The van der Waals surface area contributed by atoms with Crippen LogP contribution in [0.25, 0.3) is 0 Å². The standard InChI is InChI=1S/C13H21ClN4O/c1-3-18-13(19)12(14)11(7-16-18)17-5-4-9(2)10(6-15)8-17/h7,9-10H,3-6,8,15H2,1-2H3. The lowest BCUT2D eigenvalue weighted by molar-refractivity contribution is 0.307. The van der Waals surface area contributed by atoms with Gasteiger partial charge in [-0.3, -0.25) is 4.79 Å². The second kappa shape index (κ2) is 5.92. The second-order valence-corrected chi connectivity index (χ2v) is 5.55. The molecule has 2 atom stereocenters. The lowest BCUT2D eigenvalue weighted by Gasteiger charge is -2.38. The van der Waals surface area contributed by atoms with Crippen molar-refractivity contribution in [1.29, 1.82) is 0 Å². The van der Waals surface area contributed by atoms with Gasteiger partial charge in [0.2, 0.25) is 0 Å². The van der Waals surface area contributed by atoms with Crippen molar-refractivity contribution in [2.45, 2.75) is 26.8 Å². The van der Waals surface area contributed by atoms with Crippen LogP contribution in [0, 0.1) is 11.8 Å². The predicted molar refractivity (Wildman–Crippen MR) is 77.7 cm³/mol. The Morgan fingerprint density at radius 3 is 2.95 bits per heavy atom. The Labute approximate surface area is 118 Å². The van der Waals surface area contributed by atoms with Crippen molar-refractivity contribution in [3.63, 3.8) is 0 Å². The fourth-order valence-corrected chi connectivity index (χ4v) is 2.84. The predicted octanol–water partition coefficient (Wildman–Crippen LogP) is 1.34. The number of hydrogen-bond acceptors (Lipinski definition) is 4. The molecule has 1 fully saturated rings. The van der Waals surface area contributed by atoms with Gasteiger partial charge in [0.25, 0.3) is 5.56 Å². The van der Waals surface area contributed by atoms with Crippen molar-refractivity contribution >= 4 is 17.3 Å². The van der Waals surface area contributed by atoms with Gasteiger partial charge in [-0.15, -0.1) is 0 Å². The average Bonchev–Trinajstić information content (AvgIpc) is 2.43. The zero-order valence-electron chi connectivity index (χ0n) is 11.5. The first-order valence-corrected chi connectivity index (χ1v) is 7.16. The van der Waals surface area contributed by atoms with E-state index < -0.39 is 0 Å². The highest BCUT2D eigenvalue weighted by Gasteiger charge is 2.27. The fraction of sp³-hybridized carbons (Fsp3) is 0.692. The smallest absolute Gasteiger partial charge is 0.287 e. The summed E-state index contributed by atoms with van der Waals surface area (Å²) in [4.78, 5) is 14.1. The van der Waals surface area contributed by atoms with Crippen molar-refractivity contribution in [3.05, 3.63) is 21.6 Å². The molecule has 2 N–H and O–H groups in total. The maximum absolute atomic E-state index is 12.0. The molecule has 1 aromatic heterocycles. The Morgan fingerprint density at radius 2 is 2.32 bits per heavy atom. The lowest BCUT2D eigenvalue weighted by atomic mass is 9.87. The molecule has 0 spiro atoms. The van der Waals surface area contributed by atoms with E-state index in [9.17, 15) is 4.79 Å². The van der Waals surface area contributed by atoms with Gasteiger partial charge in [-0.1, -0.05) is 18.5 Å². The van der Waals surface area contributed by atoms with Gasteiger partial charge >= 0.3 is 0 Å². The van der Waals surface area contributed by atoms with Gasteiger partial charge in [0.05, 0.1) is 11.9 Å². The highest BCUT2D eigenvalue weighted by atomic mass is 35.5. The Morgan fingerprint density at radius 1 is 1.58 bits per heavy atom. The molecule has 2 heterocycles. The van der Waals surface area contributed by atoms with E-state index in [0.717, 1.165) is 25.2 Å². The maximum Gasteiger partial charge on any atom is 0.287 e. The van der Waals surface area contributed by atoms with Crippen LogP contribution in [-0.4, -0.2) is 29.4 Å². The van der Waals surface area contributed by atoms with Crippen LogP contribution in [-0.2, 0) is 6.54 Å². The van der Waals surface area contributed by atoms with Gasteiger partial charge in [0.1, 0.15) is 5.02 Å². The van der Waals surface area contributed by atoms with Crippen molar-refractivity contribution in [1.82, 2.24) is 9.78 Å². The van der Waals surface area contributed by atoms with Crippen LogP contribution in [0.4, 0.5) is 5.69 Å². The van der Waals surface area contributed by atoms with E-state index in [0.29, 0.717) is 24.9 Å². The number of hydrogen-bond donors (Lipinski definition) is 1. The largest absolute Gasteiger partial charge is 0.369 e. The molecule has 0 aromatic carbocycles. The van der Waals surface area contributed by atoms with E-state index in [1.165, 1.54) is 4.68 Å². The SMILES string of the molecule is CCn1ncc(N2CCC(C)C(CN)C2)c(Cl)c1=O. The molecule has 106 valence electrons. The molecule has 1 saturated heterocycles. The molecule has 0 bridgehead atoms. The number of nitrogens with zero attached hydrogens (tertiary/aromatic N) is 3. The lowest BCUT2D eigenvalue weighted by Crippen LogP contribution is -2.43. The quantitative estimate of drug-likeness (QED) is 0.910. The fourth-order valence-electron chi connectivity index (χ4n) is 2.58. The van der Waals surface area contributed by atoms with Crippen molar-refractivity contribution in [2.24, 2.45) is 17.6 Å². The van der Waals surface area contributed by atoms with Crippen LogP contribution < -0.4 is 16.2 Å². The normalized spacial score (nSPS) is 23.7. The first kappa shape index (κ1) is 14.3. The third kappa shape index (κ3) is 2.77. The highest BCUT2D eigenvalue weighted by Crippen LogP contribution is 2.29. The minimum Gasteiger partial charge on any atom is -0.369 e. The topological polar surface area (TPSA) is 64.2 Å². The summed E-state index contributed by atoms with van der Waals surface area (Å²) in [7, 11) is 0. The molecule has 0 saturated carbocycles. The molecule has 2 unspecified atom stereocenters. The van der Waals surface area contributed by atoms with Crippen LogP contribution in [0.15, 0.2) is 11.0 Å². The molecule has 1 aliphatic rings. The van der Waals surface area contributed by atoms with Gasteiger partial charge in [0, 0.05) is 19.6 Å².